The van der Waals surface area contributed by atoms with Gasteiger partial charge in [-0.2, -0.15) is 0 Å². The van der Waals surface area contributed by atoms with Crippen LogP contribution in [-0.4, -0.2) is 12.2 Å². The second-order valence-corrected chi connectivity index (χ2v) is 4.86. The van der Waals surface area contributed by atoms with E-state index in [-0.39, 0.29) is 6.61 Å². The molecular weight excluding hydrogens is 246 g/mol. The topological polar surface area (TPSA) is 55.5 Å². The molecule has 0 saturated heterocycles. The van der Waals surface area contributed by atoms with Crippen LogP contribution in [0.2, 0.25) is 0 Å². The summed E-state index contributed by atoms with van der Waals surface area (Å²) in [5.74, 6) is 0.743. The Hall–Kier alpha value is -1.65. The van der Waals surface area contributed by atoms with Gasteiger partial charge >= 0.3 is 0 Å². The SMILES string of the molecule is COc1ccc(Sc2ccccc2CO)c(N)c1. The van der Waals surface area contributed by atoms with Crippen molar-refractivity contribution in [2.45, 2.75) is 16.4 Å². The largest absolute Gasteiger partial charge is 0.497 e. The molecular formula is C14H15NO2S. The van der Waals surface area contributed by atoms with E-state index < -0.39 is 0 Å². The van der Waals surface area contributed by atoms with Gasteiger partial charge in [0.05, 0.1) is 13.7 Å². The zero-order chi connectivity index (χ0) is 13.0. The summed E-state index contributed by atoms with van der Waals surface area (Å²) in [6, 6.07) is 13.3. The van der Waals surface area contributed by atoms with Crippen LogP contribution in [0.4, 0.5) is 5.69 Å². The molecule has 0 aliphatic rings. The van der Waals surface area contributed by atoms with Crippen molar-refractivity contribution in [2.24, 2.45) is 0 Å². The Kier molecular flexibility index (Phi) is 4.12. The predicted octanol–water partition coefficient (Wildman–Crippen LogP) is 2.92. The quantitative estimate of drug-likeness (QED) is 0.831. The highest BCUT2D eigenvalue weighted by Gasteiger charge is 2.06. The van der Waals surface area contributed by atoms with Crippen LogP contribution in [0.1, 0.15) is 5.56 Å². The summed E-state index contributed by atoms with van der Waals surface area (Å²) in [5.41, 5.74) is 7.55. The number of benzene rings is 2. The van der Waals surface area contributed by atoms with Gasteiger partial charge in [0, 0.05) is 21.5 Å². The minimum atomic E-state index is 0.0270. The number of hydrogen-bond acceptors (Lipinski definition) is 4. The van der Waals surface area contributed by atoms with Crippen LogP contribution in [0, 0.1) is 0 Å². The maximum absolute atomic E-state index is 9.28. The van der Waals surface area contributed by atoms with Crippen molar-refractivity contribution in [2.75, 3.05) is 12.8 Å². The van der Waals surface area contributed by atoms with E-state index >= 15 is 0 Å². The van der Waals surface area contributed by atoms with Crippen LogP contribution in [0.15, 0.2) is 52.3 Å². The molecule has 0 heterocycles. The first-order valence-electron chi connectivity index (χ1n) is 5.54. The van der Waals surface area contributed by atoms with E-state index in [4.69, 9.17) is 10.5 Å². The van der Waals surface area contributed by atoms with Crippen molar-refractivity contribution < 1.29 is 9.84 Å². The summed E-state index contributed by atoms with van der Waals surface area (Å²) in [4.78, 5) is 1.97. The summed E-state index contributed by atoms with van der Waals surface area (Å²) < 4.78 is 5.12. The van der Waals surface area contributed by atoms with E-state index in [2.05, 4.69) is 0 Å². The van der Waals surface area contributed by atoms with Crippen LogP contribution >= 0.6 is 11.8 Å². The van der Waals surface area contributed by atoms with E-state index in [1.165, 1.54) is 0 Å². The van der Waals surface area contributed by atoms with Gasteiger partial charge < -0.3 is 15.6 Å². The van der Waals surface area contributed by atoms with Gasteiger partial charge in [0.2, 0.25) is 0 Å². The smallest absolute Gasteiger partial charge is 0.120 e. The molecule has 0 atom stereocenters. The molecule has 0 saturated carbocycles. The summed E-state index contributed by atoms with van der Waals surface area (Å²) in [6.45, 7) is 0.0270. The normalized spacial score (nSPS) is 10.3. The van der Waals surface area contributed by atoms with Crippen molar-refractivity contribution >= 4 is 17.4 Å². The minimum Gasteiger partial charge on any atom is -0.497 e. The lowest BCUT2D eigenvalue weighted by atomic mass is 10.2. The highest BCUT2D eigenvalue weighted by molar-refractivity contribution is 7.99. The van der Waals surface area contributed by atoms with Gasteiger partial charge in [-0.1, -0.05) is 30.0 Å². The molecule has 3 nitrogen and oxygen atoms in total. The van der Waals surface area contributed by atoms with Crippen LogP contribution in [0.3, 0.4) is 0 Å². The Bertz CT molecular complexity index is 543. The minimum absolute atomic E-state index is 0.0270. The highest BCUT2D eigenvalue weighted by Crippen LogP contribution is 2.35. The van der Waals surface area contributed by atoms with Gasteiger partial charge in [-0.05, 0) is 23.8 Å². The Balaban J connectivity index is 2.28. The second-order valence-electron chi connectivity index (χ2n) is 3.77. The maximum atomic E-state index is 9.28. The number of methoxy groups -OCH3 is 1. The van der Waals surface area contributed by atoms with Gasteiger partial charge in [-0.25, -0.2) is 0 Å². The first-order chi connectivity index (χ1) is 8.74. The van der Waals surface area contributed by atoms with E-state index in [1.54, 1.807) is 24.9 Å². The van der Waals surface area contributed by atoms with Crippen molar-refractivity contribution in [1.29, 1.82) is 0 Å². The maximum Gasteiger partial charge on any atom is 0.120 e. The van der Waals surface area contributed by atoms with Crippen LogP contribution < -0.4 is 10.5 Å². The summed E-state index contributed by atoms with van der Waals surface area (Å²) in [6.07, 6.45) is 0. The number of aliphatic hydroxyl groups is 1. The van der Waals surface area contributed by atoms with Crippen molar-refractivity contribution in [3.63, 3.8) is 0 Å². The van der Waals surface area contributed by atoms with Crippen molar-refractivity contribution in [3.8, 4) is 5.75 Å². The van der Waals surface area contributed by atoms with Crippen LogP contribution in [0.25, 0.3) is 0 Å². The molecule has 0 radical (unpaired) electrons. The predicted molar refractivity (Wildman–Crippen MR) is 73.9 cm³/mol. The lowest BCUT2D eigenvalue weighted by Crippen LogP contribution is -1.92. The molecule has 2 aromatic carbocycles. The van der Waals surface area contributed by atoms with Crippen LogP contribution in [-0.2, 0) is 6.61 Å². The fourth-order valence-electron chi connectivity index (χ4n) is 1.60. The Morgan fingerprint density at radius 3 is 2.61 bits per heavy atom. The summed E-state index contributed by atoms with van der Waals surface area (Å²) >= 11 is 1.54. The van der Waals surface area contributed by atoms with Crippen molar-refractivity contribution in [1.82, 2.24) is 0 Å². The second kappa shape index (κ2) is 5.80. The van der Waals surface area contributed by atoms with Gasteiger partial charge in [0.15, 0.2) is 0 Å². The van der Waals surface area contributed by atoms with Crippen LogP contribution in [0.5, 0.6) is 5.75 Å². The molecule has 0 aliphatic heterocycles. The molecule has 0 amide bonds. The van der Waals surface area contributed by atoms with Gasteiger partial charge in [0.25, 0.3) is 0 Å². The zero-order valence-corrected chi connectivity index (χ0v) is 10.9. The Morgan fingerprint density at radius 2 is 1.94 bits per heavy atom. The van der Waals surface area contributed by atoms with Crippen molar-refractivity contribution in [3.05, 3.63) is 48.0 Å². The number of aliphatic hydroxyl groups excluding tert-OH is 1. The number of ether oxygens (including phenoxy) is 1. The number of anilines is 1. The third kappa shape index (κ3) is 2.78. The van der Waals surface area contributed by atoms with Gasteiger partial charge in [0.1, 0.15) is 5.75 Å². The molecule has 4 heteroatoms. The van der Waals surface area contributed by atoms with E-state index in [0.717, 1.165) is 21.1 Å². The molecule has 18 heavy (non-hydrogen) atoms. The molecule has 3 N–H and O–H groups in total. The molecule has 0 aromatic heterocycles. The molecule has 0 fully saturated rings. The fourth-order valence-corrected chi connectivity index (χ4v) is 2.56. The third-order valence-corrected chi connectivity index (χ3v) is 3.79. The third-order valence-electron chi connectivity index (χ3n) is 2.58. The summed E-state index contributed by atoms with van der Waals surface area (Å²) in [5, 5.41) is 9.28. The molecule has 94 valence electrons. The van der Waals surface area contributed by atoms with Gasteiger partial charge in [-0.3, -0.25) is 0 Å². The van der Waals surface area contributed by atoms with Gasteiger partial charge in [-0.15, -0.1) is 0 Å². The average molecular weight is 261 g/mol. The van der Waals surface area contributed by atoms with E-state index in [0.29, 0.717) is 5.69 Å². The fraction of sp³-hybridized carbons (Fsp3) is 0.143. The molecule has 0 aliphatic carbocycles. The molecule has 0 bridgehead atoms. The molecule has 0 spiro atoms. The van der Waals surface area contributed by atoms with E-state index in [9.17, 15) is 5.11 Å². The van der Waals surface area contributed by atoms with E-state index in [1.807, 2.05) is 36.4 Å². The summed E-state index contributed by atoms with van der Waals surface area (Å²) in [7, 11) is 1.61. The first kappa shape index (κ1) is 12.8. The standard InChI is InChI=1S/C14H15NO2S/c1-17-11-6-7-14(12(15)8-11)18-13-5-3-2-4-10(13)9-16/h2-8,16H,9,15H2,1H3. The number of hydrogen-bond donors (Lipinski definition) is 2. The number of nitrogen functional groups attached to an aromatic ring is 1. The zero-order valence-electron chi connectivity index (χ0n) is 10.1. The highest BCUT2D eigenvalue weighted by atomic mass is 32.2. The number of rotatable bonds is 4. The lowest BCUT2D eigenvalue weighted by molar-refractivity contribution is 0.279. The average Bonchev–Trinajstić information content (AvgIpc) is 2.41. The molecule has 2 rings (SSSR count). The number of nitrogens with two attached hydrogens (primary N) is 1. The molecule has 0 unspecified atom stereocenters. The Labute approximate surface area is 111 Å². The lowest BCUT2D eigenvalue weighted by Gasteiger charge is -2.10. The molecule has 2 aromatic rings. The monoisotopic (exact) mass is 261 g/mol. The Morgan fingerprint density at radius 1 is 1.17 bits per heavy atom. The first-order valence-corrected chi connectivity index (χ1v) is 6.36.